The third-order valence-corrected chi connectivity index (χ3v) is 5.10. The zero-order valence-electron chi connectivity index (χ0n) is 12.4. The van der Waals surface area contributed by atoms with Crippen LogP contribution >= 0.6 is 11.3 Å². The van der Waals surface area contributed by atoms with Crippen molar-refractivity contribution in [2.75, 3.05) is 12.4 Å². The van der Waals surface area contributed by atoms with Gasteiger partial charge in [0.2, 0.25) is 0 Å². The van der Waals surface area contributed by atoms with Crippen LogP contribution in [0.5, 0.6) is 0 Å². The second kappa shape index (κ2) is 6.32. The molecule has 0 saturated carbocycles. The highest BCUT2D eigenvalue weighted by molar-refractivity contribution is 7.17. The molecule has 2 aromatic rings. The summed E-state index contributed by atoms with van der Waals surface area (Å²) in [5.41, 5.74) is 2.35. The normalized spacial score (nSPS) is 13.3. The van der Waals surface area contributed by atoms with Gasteiger partial charge in [0.05, 0.1) is 5.56 Å². The van der Waals surface area contributed by atoms with Crippen molar-refractivity contribution in [1.82, 2.24) is 5.32 Å². The van der Waals surface area contributed by atoms with Gasteiger partial charge in [0.25, 0.3) is 11.8 Å². The lowest BCUT2D eigenvalue weighted by atomic mass is 9.95. The molecule has 114 valence electrons. The summed E-state index contributed by atoms with van der Waals surface area (Å²) < 4.78 is 0. The molecule has 0 aliphatic heterocycles. The Morgan fingerprint density at radius 3 is 2.50 bits per heavy atom. The van der Waals surface area contributed by atoms with Crippen LogP contribution in [0, 0.1) is 0 Å². The first-order valence-electron chi connectivity index (χ1n) is 7.43. The Bertz CT molecular complexity index is 707. The van der Waals surface area contributed by atoms with Gasteiger partial charge in [0.15, 0.2) is 0 Å². The predicted molar refractivity (Wildman–Crippen MR) is 88.7 cm³/mol. The topological polar surface area (TPSA) is 58.2 Å². The lowest BCUT2D eigenvalue weighted by Crippen LogP contribution is -2.22. The summed E-state index contributed by atoms with van der Waals surface area (Å²) in [7, 11) is 1.62. The van der Waals surface area contributed by atoms with E-state index in [-0.39, 0.29) is 11.8 Å². The maximum absolute atomic E-state index is 12.4. The third kappa shape index (κ3) is 2.76. The number of rotatable bonds is 3. The van der Waals surface area contributed by atoms with Crippen molar-refractivity contribution in [3.8, 4) is 0 Å². The molecule has 0 spiro atoms. The highest BCUT2D eigenvalue weighted by Crippen LogP contribution is 2.38. The van der Waals surface area contributed by atoms with Gasteiger partial charge in [-0.2, -0.15) is 0 Å². The van der Waals surface area contributed by atoms with Crippen LogP contribution in [-0.2, 0) is 12.8 Å². The van der Waals surface area contributed by atoms with Gasteiger partial charge in [0, 0.05) is 17.5 Å². The zero-order valence-corrected chi connectivity index (χ0v) is 13.3. The van der Waals surface area contributed by atoms with Gasteiger partial charge in [-0.25, -0.2) is 0 Å². The largest absolute Gasteiger partial charge is 0.355 e. The first kappa shape index (κ1) is 14.8. The minimum atomic E-state index is -0.177. The molecular weight excluding hydrogens is 296 g/mol. The van der Waals surface area contributed by atoms with Crippen molar-refractivity contribution in [3.05, 3.63) is 51.9 Å². The first-order chi connectivity index (χ1) is 10.7. The van der Waals surface area contributed by atoms with E-state index < -0.39 is 0 Å². The number of hydrogen-bond donors (Lipinski definition) is 2. The van der Waals surface area contributed by atoms with Gasteiger partial charge in [-0.1, -0.05) is 18.2 Å². The van der Waals surface area contributed by atoms with Crippen molar-refractivity contribution in [2.45, 2.75) is 25.7 Å². The van der Waals surface area contributed by atoms with E-state index in [4.69, 9.17) is 0 Å². The zero-order chi connectivity index (χ0) is 15.5. The van der Waals surface area contributed by atoms with Gasteiger partial charge in [-0.15, -0.1) is 11.3 Å². The summed E-state index contributed by atoms with van der Waals surface area (Å²) in [4.78, 5) is 25.8. The summed E-state index contributed by atoms with van der Waals surface area (Å²) >= 11 is 1.54. The number of fused-ring (bicyclic) bond motifs is 1. The molecule has 4 nitrogen and oxygen atoms in total. The van der Waals surface area contributed by atoms with Gasteiger partial charge in [0.1, 0.15) is 5.00 Å². The number of amides is 2. The Morgan fingerprint density at radius 1 is 1.05 bits per heavy atom. The molecule has 0 unspecified atom stereocenters. The molecule has 0 fully saturated rings. The number of hydrogen-bond acceptors (Lipinski definition) is 3. The second-order valence-corrected chi connectivity index (χ2v) is 6.42. The molecule has 2 amide bonds. The minimum absolute atomic E-state index is 0.122. The van der Waals surface area contributed by atoms with Crippen LogP contribution in [-0.4, -0.2) is 18.9 Å². The summed E-state index contributed by atoms with van der Waals surface area (Å²) in [6.45, 7) is 0. The maximum Gasteiger partial charge on any atom is 0.256 e. The van der Waals surface area contributed by atoms with Crippen molar-refractivity contribution in [2.24, 2.45) is 0 Å². The van der Waals surface area contributed by atoms with E-state index in [2.05, 4.69) is 10.6 Å². The molecule has 0 atom stereocenters. The van der Waals surface area contributed by atoms with Crippen molar-refractivity contribution in [3.63, 3.8) is 0 Å². The molecule has 22 heavy (non-hydrogen) atoms. The van der Waals surface area contributed by atoms with Gasteiger partial charge >= 0.3 is 0 Å². The number of aryl methyl sites for hydroxylation is 1. The number of thiophene rings is 1. The van der Waals surface area contributed by atoms with Crippen LogP contribution < -0.4 is 10.6 Å². The maximum atomic E-state index is 12.4. The molecular formula is C17H18N2O2S. The molecule has 1 aromatic heterocycles. The minimum Gasteiger partial charge on any atom is -0.355 e. The Labute approximate surface area is 133 Å². The highest BCUT2D eigenvalue weighted by atomic mass is 32.1. The Kier molecular flexibility index (Phi) is 4.24. The van der Waals surface area contributed by atoms with Gasteiger partial charge in [-0.05, 0) is 43.4 Å². The average molecular weight is 314 g/mol. The van der Waals surface area contributed by atoms with Crippen LogP contribution in [0.1, 0.15) is 44.0 Å². The fourth-order valence-electron chi connectivity index (χ4n) is 2.78. The van der Waals surface area contributed by atoms with Crippen molar-refractivity contribution >= 4 is 28.2 Å². The Morgan fingerprint density at radius 2 is 1.77 bits per heavy atom. The highest BCUT2D eigenvalue weighted by Gasteiger charge is 2.25. The molecule has 1 aromatic carbocycles. The molecule has 1 heterocycles. The average Bonchev–Trinajstić information content (AvgIpc) is 2.92. The van der Waals surface area contributed by atoms with E-state index >= 15 is 0 Å². The Hall–Kier alpha value is -2.14. The SMILES string of the molecule is CNC(=O)c1c(NC(=O)c2ccccc2)sc2c1CCCC2. The second-order valence-electron chi connectivity index (χ2n) is 5.31. The quantitative estimate of drug-likeness (QED) is 0.914. The summed E-state index contributed by atoms with van der Waals surface area (Å²) in [6.07, 6.45) is 4.15. The summed E-state index contributed by atoms with van der Waals surface area (Å²) in [5, 5.41) is 6.27. The van der Waals surface area contributed by atoms with E-state index in [1.807, 2.05) is 18.2 Å². The van der Waals surface area contributed by atoms with Crippen LogP contribution in [0.4, 0.5) is 5.00 Å². The summed E-state index contributed by atoms with van der Waals surface area (Å²) in [6, 6.07) is 9.06. The molecule has 2 N–H and O–H groups in total. The lowest BCUT2D eigenvalue weighted by molar-refractivity contribution is 0.0963. The van der Waals surface area contributed by atoms with E-state index in [1.165, 1.54) is 16.2 Å². The van der Waals surface area contributed by atoms with E-state index in [1.54, 1.807) is 19.2 Å². The standard InChI is InChI=1S/C17H18N2O2S/c1-18-16(21)14-12-9-5-6-10-13(12)22-17(14)19-15(20)11-7-3-2-4-8-11/h2-4,7-8H,5-6,9-10H2,1H3,(H,18,21)(H,19,20). The first-order valence-corrected chi connectivity index (χ1v) is 8.25. The molecule has 1 aliphatic rings. The fraction of sp³-hybridized carbons (Fsp3) is 0.294. The van der Waals surface area contributed by atoms with Crippen molar-refractivity contribution < 1.29 is 9.59 Å². The molecule has 3 rings (SSSR count). The van der Waals surface area contributed by atoms with Gasteiger partial charge in [-0.3, -0.25) is 9.59 Å². The number of carbonyl (C=O) groups excluding carboxylic acids is 2. The Balaban J connectivity index is 1.94. The van der Waals surface area contributed by atoms with Crippen LogP contribution in [0.25, 0.3) is 0 Å². The number of carbonyl (C=O) groups is 2. The number of nitrogens with one attached hydrogen (secondary N) is 2. The fourth-order valence-corrected chi connectivity index (χ4v) is 4.07. The van der Waals surface area contributed by atoms with E-state index in [9.17, 15) is 9.59 Å². The predicted octanol–water partition coefficient (Wildman–Crippen LogP) is 3.24. The van der Waals surface area contributed by atoms with Gasteiger partial charge < -0.3 is 10.6 Å². The number of anilines is 1. The molecule has 1 aliphatic carbocycles. The molecule has 0 saturated heterocycles. The van der Waals surface area contributed by atoms with E-state index in [0.717, 1.165) is 31.2 Å². The summed E-state index contributed by atoms with van der Waals surface area (Å²) in [5.74, 6) is -0.299. The van der Waals surface area contributed by atoms with Crippen LogP contribution in [0.3, 0.4) is 0 Å². The van der Waals surface area contributed by atoms with E-state index in [0.29, 0.717) is 16.1 Å². The molecule has 0 bridgehead atoms. The van der Waals surface area contributed by atoms with Crippen molar-refractivity contribution in [1.29, 1.82) is 0 Å². The van der Waals surface area contributed by atoms with Crippen LogP contribution in [0.2, 0.25) is 0 Å². The third-order valence-electron chi connectivity index (χ3n) is 3.89. The molecule has 0 radical (unpaired) electrons. The van der Waals surface area contributed by atoms with Crippen LogP contribution in [0.15, 0.2) is 30.3 Å². The molecule has 5 heteroatoms. The number of benzene rings is 1. The monoisotopic (exact) mass is 314 g/mol. The smallest absolute Gasteiger partial charge is 0.256 e. The lowest BCUT2D eigenvalue weighted by Gasteiger charge is -2.12.